The Balaban J connectivity index is 2.89. The first-order chi connectivity index (χ1) is 8.61. The maximum atomic E-state index is 5.74. The topological polar surface area (TPSA) is 74.2 Å². The van der Waals surface area contributed by atoms with E-state index in [2.05, 4.69) is 24.0 Å². The lowest BCUT2D eigenvalue weighted by atomic mass is 10.0. The first-order valence-electron chi connectivity index (χ1n) is 6.79. The fourth-order valence-corrected chi connectivity index (χ4v) is 1.95. The Labute approximate surface area is 109 Å². The van der Waals surface area contributed by atoms with Crippen LogP contribution in [0.1, 0.15) is 64.6 Å². The van der Waals surface area contributed by atoms with E-state index in [4.69, 9.17) is 15.0 Å². The summed E-state index contributed by atoms with van der Waals surface area (Å²) in [6.07, 6.45) is 2.83. The Kier molecular flexibility index (Phi) is 5.75. The Morgan fingerprint density at radius 3 is 2.61 bits per heavy atom. The summed E-state index contributed by atoms with van der Waals surface area (Å²) in [6, 6.07) is 0. The molecule has 2 N–H and O–H groups in total. The molecule has 0 bridgehead atoms. The summed E-state index contributed by atoms with van der Waals surface area (Å²) in [5, 5.41) is 4.06. The molecule has 0 fully saturated rings. The lowest BCUT2D eigenvalue weighted by Gasteiger charge is -2.23. The number of hydrogen-bond acceptors (Lipinski definition) is 5. The van der Waals surface area contributed by atoms with Crippen LogP contribution in [0, 0.1) is 0 Å². The van der Waals surface area contributed by atoms with E-state index in [0.717, 1.165) is 19.3 Å². The van der Waals surface area contributed by atoms with Gasteiger partial charge in [-0.3, -0.25) is 0 Å². The predicted octanol–water partition coefficient (Wildman–Crippen LogP) is 2.57. The summed E-state index contributed by atoms with van der Waals surface area (Å²) < 4.78 is 11.1. The molecule has 0 saturated carbocycles. The van der Waals surface area contributed by atoms with Crippen LogP contribution in [0.3, 0.4) is 0 Å². The monoisotopic (exact) mass is 255 g/mol. The SMILES string of the molecule is CCCC(CN)c1nc(C(C)(CC)OCC)no1. The van der Waals surface area contributed by atoms with Gasteiger partial charge < -0.3 is 15.0 Å². The lowest BCUT2D eigenvalue weighted by Crippen LogP contribution is -2.26. The van der Waals surface area contributed by atoms with Gasteiger partial charge in [-0.2, -0.15) is 4.98 Å². The summed E-state index contributed by atoms with van der Waals surface area (Å²) in [6.45, 7) is 9.29. The van der Waals surface area contributed by atoms with Gasteiger partial charge in [0, 0.05) is 13.2 Å². The molecule has 1 rings (SSSR count). The average Bonchev–Trinajstić information content (AvgIpc) is 2.86. The van der Waals surface area contributed by atoms with E-state index in [0.29, 0.717) is 24.9 Å². The van der Waals surface area contributed by atoms with Gasteiger partial charge in [-0.1, -0.05) is 25.4 Å². The number of rotatable bonds is 8. The molecule has 5 nitrogen and oxygen atoms in total. The molecule has 104 valence electrons. The van der Waals surface area contributed by atoms with Crippen molar-refractivity contribution in [3.05, 3.63) is 11.7 Å². The molecule has 2 unspecified atom stereocenters. The van der Waals surface area contributed by atoms with E-state index in [1.165, 1.54) is 0 Å². The van der Waals surface area contributed by atoms with Gasteiger partial charge in [-0.25, -0.2) is 0 Å². The van der Waals surface area contributed by atoms with Gasteiger partial charge in [0.2, 0.25) is 11.7 Å². The van der Waals surface area contributed by atoms with E-state index in [1.54, 1.807) is 0 Å². The minimum atomic E-state index is -0.470. The summed E-state index contributed by atoms with van der Waals surface area (Å²) in [5.41, 5.74) is 5.27. The first-order valence-corrected chi connectivity index (χ1v) is 6.79. The standard InChI is InChI=1S/C13H25N3O2/c1-5-8-10(9-14)11-15-12(16-18-11)13(4,6-2)17-7-3/h10H,5-9,14H2,1-4H3. The van der Waals surface area contributed by atoms with Crippen molar-refractivity contribution in [3.8, 4) is 0 Å². The van der Waals surface area contributed by atoms with Gasteiger partial charge in [-0.05, 0) is 26.7 Å². The predicted molar refractivity (Wildman–Crippen MR) is 70.3 cm³/mol. The molecule has 0 radical (unpaired) electrons. The second-order valence-electron chi connectivity index (χ2n) is 4.69. The molecule has 0 spiro atoms. The highest BCUT2D eigenvalue weighted by Crippen LogP contribution is 2.28. The van der Waals surface area contributed by atoms with E-state index in [9.17, 15) is 0 Å². The zero-order valence-corrected chi connectivity index (χ0v) is 11.9. The minimum absolute atomic E-state index is 0.152. The Morgan fingerprint density at radius 2 is 2.11 bits per heavy atom. The molecule has 1 heterocycles. The van der Waals surface area contributed by atoms with Crippen LogP contribution in [0.2, 0.25) is 0 Å². The highest BCUT2D eigenvalue weighted by molar-refractivity contribution is 5.02. The van der Waals surface area contributed by atoms with Crippen LogP contribution in [0.5, 0.6) is 0 Å². The van der Waals surface area contributed by atoms with Gasteiger partial charge in [0.1, 0.15) is 5.60 Å². The molecule has 0 aliphatic carbocycles. The highest BCUT2D eigenvalue weighted by atomic mass is 16.5. The van der Waals surface area contributed by atoms with Crippen molar-refractivity contribution in [3.63, 3.8) is 0 Å². The zero-order chi connectivity index (χ0) is 13.6. The summed E-state index contributed by atoms with van der Waals surface area (Å²) in [4.78, 5) is 4.48. The Bertz CT molecular complexity index is 354. The van der Waals surface area contributed by atoms with Crippen LogP contribution in [0.25, 0.3) is 0 Å². The van der Waals surface area contributed by atoms with Gasteiger partial charge in [-0.15, -0.1) is 0 Å². The molecule has 1 aromatic rings. The maximum Gasteiger partial charge on any atom is 0.231 e. The molecular weight excluding hydrogens is 230 g/mol. The van der Waals surface area contributed by atoms with Gasteiger partial charge >= 0.3 is 0 Å². The number of ether oxygens (including phenoxy) is 1. The highest BCUT2D eigenvalue weighted by Gasteiger charge is 2.31. The van der Waals surface area contributed by atoms with Crippen molar-refractivity contribution in [2.24, 2.45) is 5.73 Å². The fourth-order valence-electron chi connectivity index (χ4n) is 1.95. The summed E-state index contributed by atoms with van der Waals surface area (Å²) in [7, 11) is 0. The molecule has 0 aliphatic heterocycles. The maximum absolute atomic E-state index is 5.74. The number of hydrogen-bond donors (Lipinski definition) is 1. The van der Waals surface area contributed by atoms with Gasteiger partial charge in [0.25, 0.3) is 0 Å². The van der Waals surface area contributed by atoms with Crippen molar-refractivity contribution in [2.75, 3.05) is 13.2 Å². The normalized spacial score (nSPS) is 16.5. The minimum Gasteiger partial charge on any atom is -0.367 e. The molecule has 0 amide bonds. The molecular formula is C13H25N3O2. The molecule has 1 aromatic heterocycles. The van der Waals surface area contributed by atoms with Crippen molar-refractivity contribution in [2.45, 2.75) is 58.5 Å². The zero-order valence-electron chi connectivity index (χ0n) is 11.9. The van der Waals surface area contributed by atoms with Crippen LogP contribution in [0.4, 0.5) is 0 Å². The van der Waals surface area contributed by atoms with Crippen molar-refractivity contribution in [1.29, 1.82) is 0 Å². The Hall–Kier alpha value is -0.940. The van der Waals surface area contributed by atoms with Crippen LogP contribution >= 0.6 is 0 Å². The van der Waals surface area contributed by atoms with Crippen LogP contribution < -0.4 is 5.73 Å². The summed E-state index contributed by atoms with van der Waals surface area (Å²) >= 11 is 0. The van der Waals surface area contributed by atoms with E-state index >= 15 is 0 Å². The second-order valence-corrected chi connectivity index (χ2v) is 4.69. The third-order valence-corrected chi connectivity index (χ3v) is 3.32. The fraction of sp³-hybridized carbons (Fsp3) is 0.846. The van der Waals surface area contributed by atoms with E-state index < -0.39 is 5.60 Å². The Morgan fingerprint density at radius 1 is 1.39 bits per heavy atom. The number of nitrogens with zero attached hydrogens (tertiary/aromatic N) is 2. The second kappa shape index (κ2) is 6.85. The quantitative estimate of drug-likeness (QED) is 0.772. The summed E-state index contributed by atoms with van der Waals surface area (Å²) in [5.74, 6) is 1.41. The van der Waals surface area contributed by atoms with E-state index in [-0.39, 0.29) is 5.92 Å². The first kappa shape index (κ1) is 15.1. The number of aromatic nitrogens is 2. The molecule has 2 atom stereocenters. The van der Waals surface area contributed by atoms with E-state index in [1.807, 2.05) is 13.8 Å². The van der Waals surface area contributed by atoms with Crippen LogP contribution in [-0.4, -0.2) is 23.3 Å². The molecule has 18 heavy (non-hydrogen) atoms. The third-order valence-electron chi connectivity index (χ3n) is 3.32. The van der Waals surface area contributed by atoms with Crippen molar-refractivity contribution in [1.82, 2.24) is 10.1 Å². The number of nitrogens with two attached hydrogens (primary N) is 1. The van der Waals surface area contributed by atoms with Crippen molar-refractivity contribution < 1.29 is 9.26 Å². The molecule has 0 aliphatic rings. The van der Waals surface area contributed by atoms with Crippen molar-refractivity contribution >= 4 is 0 Å². The average molecular weight is 255 g/mol. The third kappa shape index (κ3) is 3.29. The molecule has 5 heteroatoms. The molecule has 0 aromatic carbocycles. The van der Waals surface area contributed by atoms with Gasteiger partial charge in [0.15, 0.2) is 0 Å². The van der Waals surface area contributed by atoms with Crippen LogP contribution in [0.15, 0.2) is 4.52 Å². The lowest BCUT2D eigenvalue weighted by molar-refractivity contribution is -0.0403. The largest absolute Gasteiger partial charge is 0.367 e. The smallest absolute Gasteiger partial charge is 0.231 e. The van der Waals surface area contributed by atoms with Crippen LogP contribution in [-0.2, 0) is 10.3 Å². The molecule has 0 saturated heterocycles. The van der Waals surface area contributed by atoms with Gasteiger partial charge in [0.05, 0.1) is 5.92 Å².